The van der Waals surface area contributed by atoms with Crippen molar-refractivity contribution in [1.29, 1.82) is 0 Å². The lowest BCUT2D eigenvalue weighted by molar-refractivity contribution is -0.119. The van der Waals surface area contributed by atoms with E-state index in [1.165, 1.54) is 11.8 Å². The number of pyridine rings is 1. The number of aromatic nitrogens is 1. The van der Waals surface area contributed by atoms with E-state index in [0.29, 0.717) is 29.6 Å². The Morgan fingerprint density at radius 2 is 1.89 bits per heavy atom. The molecule has 3 unspecified atom stereocenters. The summed E-state index contributed by atoms with van der Waals surface area (Å²) in [5, 5.41) is 23.6. The second kappa shape index (κ2) is 10.5. The minimum absolute atomic E-state index is 0.0529. The van der Waals surface area contributed by atoms with Gasteiger partial charge < -0.3 is 21.3 Å². The first-order valence-corrected chi connectivity index (χ1v) is 14.3. The topological polar surface area (TPSA) is 158 Å². The third-order valence-corrected chi connectivity index (χ3v) is 9.11. The Morgan fingerprint density at radius 3 is 2.47 bits per heavy atom. The Labute approximate surface area is 214 Å². The van der Waals surface area contributed by atoms with Gasteiger partial charge in [0.2, 0.25) is 5.91 Å². The molecule has 194 valence electrons. The number of thioether (sulfide) groups is 1. The lowest BCUT2D eigenvalue weighted by Crippen LogP contribution is -2.43. The van der Waals surface area contributed by atoms with E-state index in [9.17, 15) is 23.4 Å². The summed E-state index contributed by atoms with van der Waals surface area (Å²) < 4.78 is 23.6. The highest BCUT2D eigenvalue weighted by molar-refractivity contribution is 8.15. The highest BCUT2D eigenvalue weighted by Gasteiger charge is 2.35. The highest BCUT2D eigenvalue weighted by atomic mass is 32.2. The van der Waals surface area contributed by atoms with Crippen molar-refractivity contribution in [3.63, 3.8) is 0 Å². The average molecular weight is 534 g/mol. The van der Waals surface area contributed by atoms with E-state index in [1.54, 1.807) is 32.0 Å². The van der Waals surface area contributed by atoms with Crippen LogP contribution >= 0.6 is 11.8 Å². The van der Waals surface area contributed by atoms with Crippen LogP contribution in [0, 0.1) is 0 Å². The predicted molar refractivity (Wildman–Crippen MR) is 140 cm³/mol. The van der Waals surface area contributed by atoms with Crippen molar-refractivity contribution in [2.75, 3.05) is 36.5 Å². The van der Waals surface area contributed by atoms with Crippen molar-refractivity contribution in [3.8, 4) is 0 Å². The molecule has 10 nitrogen and oxygen atoms in total. The van der Waals surface area contributed by atoms with Gasteiger partial charge in [0.25, 0.3) is 0 Å². The molecule has 0 radical (unpaired) electrons. The second-order valence-electron chi connectivity index (χ2n) is 9.43. The minimum atomic E-state index is -3.04. The SMILES string of the molecule is CC(C)(O)c1ccc(C2=NC(C(N)=O)C(Nc3cccc(C(CO)N4CCS(=O)(=O)CC4)n3)S2)cc1. The van der Waals surface area contributed by atoms with Gasteiger partial charge in [-0.1, -0.05) is 42.1 Å². The van der Waals surface area contributed by atoms with Crippen LogP contribution in [0.15, 0.2) is 47.5 Å². The number of aliphatic hydroxyl groups excluding tert-OH is 1. The van der Waals surface area contributed by atoms with Crippen LogP contribution in [-0.2, 0) is 20.2 Å². The van der Waals surface area contributed by atoms with Gasteiger partial charge in [-0.05, 0) is 31.5 Å². The maximum atomic E-state index is 12.2. The lowest BCUT2D eigenvalue weighted by atomic mass is 9.97. The molecule has 5 N–H and O–H groups in total. The molecule has 2 aromatic rings. The summed E-state index contributed by atoms with van der Waals surface area (Å²) >= 11 is 1.37. The number of hydrogen-bond donors (Lipinski definition) is 4. The number of primary amides is 1. The first-order valence-electron chi connectivity index (χ1n) is 11.6. The smallest absolute Gasteiger partial charge is 0.245 e. The van der Waals surface area contributed by atoms with E-state index >= 15 is 0 Å². The van der Waals surface area contributed by atoms with Crippen LogP contribution in [-0.4, -0.2) is 82.1 Å². The van der Waals surface area contributed by atoms with Gasteiger partial charge in [-0.2, -0.15) is 0 Å². The molecule has 2 aliphatic rings. The number of nitrogens with zero attached hydrogens (tertiary/aromatic N) is 3. The van der Waals surface area contributed by atoms with Gasteiger partial charge in [0, 0.05) is 18.7 Å². The number of nitrogens with two attached hydrogens (primary N) is 1. The van der Waals surface area contributed by atoms with Crippen LogP contribution in [0.1, 0.15) is 36.7 Å². The molecule has 1 amide bonds. The molecule has 3 heterocycles. The van der Waals surface area contributed by atoms with E-state index in [4.69, 9.17) is 5.73 Å². The number of aliphatic hydroxyl groups is 2. The molecular formula is C24H31N5O5S2. The molecule has 2 aliphatic heterocycles. The molecule has 0 spiro atoms. The van der Waals surface area contributed by atoms with Crippen molar-refractivity contribution in [2.24, 2.45) is 10.7 Å². The molecule has 1 fully saturated rings. The molecule has 1 saturated heterocycles. The molecule has 1 aromatic carbocycles. The molecule has 12 heteroatoms. The molecule has 4 rings (SSSR count). The molecule has 1 aromatic heterocycles. The summed E-state index contributed by atoms with van der Waals surface area (Å²) in [5.74, 6) is 0.0319. The van der Waals surface area contributed by atoms with Crippen molar-refractivity contribution in [1.82, 2.24) is 9.88 Å². The van der Waals surface area contributed by atoms with E-state index in [0.717, 1.165) is 11.1 Å². The summed E-state index contributed by atoms with van der Waals surface area (Å²) in [6.07, 6.45) is 0. The number of aliphatic imine (C=N–C) groups is 1. The zero-order chi connectivity index (χ0) is 26.1. The Bertz CT molecular complexity index is 1230. The number of hydrogen-bond acceptors (Lipinski definition) is 10. The van der Waals surface area contributed by atoms with Gasteiger partial charge in [-0.25, -0.2) is 13.4 Å². The molecule has 0 aliphatic carbocycles. The zero-order valence-corrected chi connectivity index (χ0v) is 21.8. The number of benzene rings is 1. The monoisotopic (exact) mass is 533 g/mol. The number of carbonyl (C=O) groups is 1. The fourth-order valence-corrected chi connectivity index (χ4v) is 6.61. The van der Waals surface area contributed by atoms with E-state index in [2.05, 4.69) is 15.3 Å². The fraction of sp³-hybridized carbons (Fsp3) is 0.458. The van der Waals surface area contributed by atoms with Gasteiger partial charge >= 0.3 is 0 Å². The van der Waals surface area contributed by atoms with Gasteiger partial charge in [0.05, 0.1) is 35.4 Å². The van der Waals surface area contributed by atoms with E-state index in [-0.39, 0.29) is 18.1 Å². The van der Waals surface area contributed by atoms with Crippen molar-refractivity contribution in [2.45, 2.75) is 36.9 Å². The number of rotatable bonds is 8. The fourth-order valence-electron chi connectivity index (χ4n) is 4.19. The summed E-state index contributed by atoms with van der Waals surface area (Å²) in [4.78, 5) is 23.3. The third kappa shape index (κ3) is 6.06. The highest BCUT2D eigenvalue weighted by Crippen LogP contribution is 2.32. The number of sulfone groups is 1. The lowest BCUT2D eigenvalue weighted by Gasteiger charge is -2.33. The van der Waals surface area contributed by atoms with Crippen LogP contribution in [0.4, 0.5) is 5.82 Å². The Hall–Kier alpha value is -2.51. The van der Waals surface area contributed by atoms with Crippen molar-refractivity contribution >= 4 is 38.4 Å². The normalized spacial score (nSPS) is 23.2. The van der Waals surface area contributed by atoms with Gasteiger partial charge in [0.1, 0.15) is 16.2 Å². The number of carbonyl (C=O) groups excluding carboxylic acids is 1. The predicted octanol–water partition coefficient (Wildman–Crippen LogP) is 0.858. The first-order chi connectivity index (χ1) is 17.0. The standard InChI is InChI=1S/C24H31N5O5S2/c1-24(2,32)16-8-6-15(7-9-16)22-28-20(21(25)31)23(35-22)27-19-5-3-4-17(26-19)18(14-30)29-10-12-36(33,34)13-11-29/h3-9,18,20,23,30,32H,10-14H2,1-2H3,(H2,25,31)(H,26,27). The third-order valence-electron chi connectivity index (χ3n) is 6.31. The average Bonchev–Trinajstić information content (AvgIpc) is 3.24. The summed E-state index contributed by atoms with van der Waals surface area (Å²) in [7, 11) is -3.04. The van der Waals surface area contributed by atoms with Gasteiger partial charge in [0.15, 0.2) is 15.9 Å². The molecule has 36 heavy (non-hydrogen) atoms. The molecule has 0 saturated carbocycles. The molecule has 3 atom stereocenters. The van der Waals surface area contributed by atoms with Gasteiger partial charge in [-0.3, -0.25) is 14.7 Å². The largest absolute Gasteiger partial charge is 0.394 e. The number of amides is 1. The van der Waals surface area contributed by atoms with Crippen LogP contribution < -0.4 is 11.1 Å². The second-order valence-corrected chi connectivity index (χ2v) is 12.9. The van der Waals surface area contributed by atoms with Crippen LogP contribution in [0.2, 0.25) is 0 Å². The van der Waals surface area contributed by atoms with E-state index in [1.807, 2.05) is 29.2 Å². The Morgan fingerprint density at radius 1 is 1.22 bits per heavy atom. The van der Waals surface area contributed by atoms with E-state index < -0.39 is 38.8 Å². The van der Waals surface area contributed by atoms with Gasteiger partial charge in [-0.15, -0.1) is 0 Å². The summed E-state index contributed by atoms with van der Waals surface area (Å²) in [6, 6.07) is 11.4. The van der Waals surface area contributed by atoms with Crippen LogP contribution in [0.25, 0.3) is 0 Å². The Kier molecular flexibility index (Phi) is 7.72. The van der Waals surface area contributed by atoms with Crippen LogP contribution in [0.3, 0.4) is 0 Å². The van der Waals surface area contributed by atoms with Crippen molar-refractivity contribution in [3.05, 3.63) is 59.3 Å². The molecular weight excluding hydrogens is 502 g/mol. The minimum Gasteiger partial charge on any atom is -0.394 e. The summed E-state index contributed by atoms with van der Waals surface area (Å²) in [6.45, 7) is 3.88. The number of nitrogens with one attached hydrogen (secondary N) is 1. The van der Waals surface area contributed by atoms with Crippen LogP contribution in [0.5, 0.6) is 0 Å². The number of anilines is 1. The Balaban J connectivity index is 1.50. The van der Waals surface area contributed by atoms with Crippen molar-refractivity contribution < 1.29 is 23.4 Å². The quantitative estimate of drug-likeness (QED) is 0.386. The molecule has 0 bridgehead atoms. The summed E-state index contributed by atoms with van der Waals surface area (Å²) in [5.41, 5.74) is 6.85. The zero-order valence-electron chi connectivity index (χ0n) is 20.2. The maximum Gasteiger partial charge on any atom is 0.245 e. The first kappa shape index (κ1) is 26.6. The maximum absolute atomic E-state index is 12.2.